The van der Waals surface area contributed by atoms with Gasteiger partial charge in [-0.15, -0.1) is 0 Å². The van der Waals surface area contributed by atoms with E-state index < -0.39 is 0 Å². The third kappa shape index (κ3) is 5.05. The number of nitrogens with one attached hydrogen (secondary N) is 1. The minimum atomic E-state index is 0.417. The first-order chi connectivity index (χ1) is 7.76. The molecule has 0 radical (unpaired) electrons. The molecule has 1 unspecified atom stereocenters. The molecule has 0 amide bonds. The van der Waals surface area contributed by atoms with Gasteiger partial charge in [0, 0.05) is 30.4 Å². The van der Waals surface area contributed by atoms with Crippen LogP contribution in [0.4, 0.5) is 0 Å². The lowest BCUT2D eigenvalue weighted by molar-refractivity contribution is 0.161. The fraction of sp³-hybridized carbons (Fsp3) is 0.583. The van der Waals surface area contributed by atoms with Crippen molar-refractivity contribution in [3.63, 3.8) is 0 Å². The average Bonchev–Trinajstić information content (AvgIpc) is 2.29. The van der Waals surface area contributed by atoms with Gasteiger partial charge in [-0.2, -0.15) is 0 Å². The van der Waals surface area contributed by atoms with E-state index in [-0.39, 0.29) is 0 Å². The van der Waals surface area contributed by atoms with Gasteiger partial charge in [0.25, 0.3) is 0 Å². The number of aromatic nitrogens is 1. The highest BCUT2D eigenvalue weighted by Crippen LogP contribution is 2.07. The Morgan fingerprint density at radius 3 is 2.88 bits per heavy atom. The number of ether oxygens (including phenoxy) is 1. The molecule has 0 aliphatic carbocycles. The fourth-order valence-corrected chi connectivity index (χ4v) is 1.79. The molecule has 90 valence electrons. The number of methoxy groups -OCH3 is 1. The van der Waals surface area contributed by atoms with Crippen LogP contribution >= 0.6 is 15.9 Å². The molecule has 3 nitrogen and oxygen atoms in total. The van der Waals surface area contributed by atoms with Gasteiger partial charge in [-0.05, 0) is 34.5 Å². The highest BCUT2D eigenvalue weighted by molar-refractivity contribution is 9.10. The fourth-order valence-electron chi connectivity index (χ4n) is 1.55. The highest BCUT2D eigenvalue weighted by Gasteiger charge is 2.06. The van der Waals surface area contributed by atoms with Crippen molar-refractivity contribution in [2.24, 2.45) is 0 Å². The van der Waals surface area contributed by atoms with Gasteiger partial charge in [0.05, 0.1) is 12.3 Å². The smallest absolute Gasteiger partial charge is 0.0615 e. The van der Waals surface area contributed by atoms with E-state index in [0.29, 0.717) is 6.04 Å². The SMILES string of the molecule is CCCC(COC)NCc1ccc(Br)cn1. The Hall–Kier alpha value is -0.450. The largest absolute Gasteiger partial charge is 0.383 e. The number of nitrogens with zero attached hydrogens (tertiary/aromatic N) is 1. The van der Waals surface area contributed by atoms with Crippen molar-refractivity contribution >= 4 is 15.9 Å². The first-order valence-electron chi connectivity index (χ1n) is 5.59. The van der Waals surface area contributed by atoms with Gasteiger partial charge in [-0.25, -0.2) is 0 Å². The lowest BCUT2D eigenvalue weighted by Crippen LogP contribution is -2.32. The minimum Gasteiger partial charge on any atom is -0.383 e. The van der Waals surface area contributed by atoms with Gasteiger partial charge in [0.1, 0.15) is 0 Å². The molecule has 0 fully saturated rings. The zero-order chi connectivity index (χ0) is 11.8. The Morgan fingerprint density at radius 1 is 1.50 bits per heavy atom. The van der Waals surface area contributed by atoms with Gasteiger partial charge in [-0.1, -0.05) is 13.3 Å². The molecule has 4 heteroatoms. The number of hydrogen-bond donors (Lipinski definition) is 1. The molecule has 0 saturated heterocycles. The van der Waals surface area contributed by atoms with Gasteiger partial charge < -0.3 is 10.1 Å². The molecule has 1 heterocycles. The molecule has 16 heavy (non-hydrogen) atoms. The summed E-state index contributed by atoms with van der Waals surface area (Å²) in [5.74, 6) is 0. The van der Waals surface area contributed by atoms with Crippen LogP contribution in [-0.2, 0) is 11.3 Å². The second-order valence-electron chi connectivity index (χ2n) is 3.79. The number of rotatable bonds is 7. The Kier molecular flexibility index (Phi) is 6.61. The second-order valence-corrected chi connectivity index (χ2v) is 4.71. The minimum absolute atomic E-state index is 0.417. The average molecular weight is 287 g/mol. The molecule has 0 bridgehead atoms. The van der Waals surface area contributed by atoms with Gasteiger partial charge in [0.2, 0.25) is 0 Å². The van der Waals surface area contributed by atoms with Crippen LogP contribution in [0.25, 0.3) is 0 Å². The molecular formula is C12H19BrN2O. The molecule has 0 aromatic carbocycles. The molecule has 1 N–H and O–H groups in total. The lowest BCUT2D eigenvalue weighted by Gasteiger charge is -2.16. The maximum absolute atomic E-state index is 5.17. The number of halogens is 1. The Morgan fingerprint density at radius 2 is 2.31 bits per heavy atom. The zero-order valence-corrected chi connectivity index (χ0v) is 11.5. The van der Waals surface area contributed by atoms with E-state index in [9.17, 15) is 0 Å². The van der Waals surface area contributed by atoms with Crippen LogP contribution < -0.4 is 5.32 Å². The third-order valence-electron chi connectivity index (χ3n) is 2.37. The van der Waals surface area contributed by atoms with Crippen LogP contribution in [0, 0.1) is 0 Å². The van der Waals surface area contributed by atoms with E-state index in [1.54, 1.807) is 7.11 Å². The van der Waals surface area contributed by atoms with E-state index in [1.165, 1.54) is 0 Å². The summed E-state index contributed by atoms with van der Waals surface area (Å²) in [6.45, 7) is 3.73. The van der Waals surface area contributed by atoms with Crippen molar-refractivity contribution < 1.29 is 4.74 Å². The lowest BCUT2D eigenvalue weighted by atomic mass is 10.2. The topological polar surface area (TPSA) is 34.1 Å². The standard InChI is InChI=1S/C12H19BrN2O/c1-3-4-12(9-16-2)15-8-11-6-5-10(13)7-14-11/h5-7,12,15H,3-4,8-9H2,1-2H3. The highest BCUT2D eigenvalue weighted by atomic mass is 79.9. The molecule has 1 aromatic heterocycles. The van der Waals surface area contributed by atoms with Crippen LogP contribution in [0.5, 0.6) is 0 Å². The maximum Gasteiger partial charge on any atom is 0.0615 e. The summed E-state index contributed by atoms with van der Waals surface area (Å²) in [6, 6.07) is 4.45. The number of hydrogen-bond acceptors (Lipinski definition) is 3. The van der Waals surface area contributed by atoms with Crippen molar-refractivity contribution in [3.8, 4) is 0 Å². The van der Waals surface area contributed by atoms with Crippen LogP contribution in [0.1, 0.15) is 25.5 Å². The second kappa shape index (κ2) is 7.76. The van der Waals surface area contributed by atoms with Crippen molar-refractivity contribution in [1.82, 2.24) is 10.3 Å². The van der Waals surface area contributed by atoms with Crippen LogP contribution in [-0.4, -0.2) is 24.7 Å². The summed E-state index contributed by atoms with van der Waals surface area (Å²) < 4.78 is 6.19. The summed E-state index contributed by atoms with van der Waals surface area (Å²) in [5.41, 5.74) is 1.06. The molecule has 0 spiro atoms. The zero-order valence-electron chi connectivity index (χ0n) is 9.87. The van der Waals surface area contributed by atoms with E-state index in [0.717, 1.165) is 36.2 Å². The predicted molar refractivity (Wildman–Crippen MR) is 69.3 cm³/mol. The summed E-state index contributed by atoms with van der Waals surface area (Å²) in [5, 5.41) is 3.45. The summed E-state index contributed by atoms with van der Waals surface area (Å²) in [6.07, 6.45) is 4.11. The van der Waals surface area contributed by atoms with E-state index in [2.05, 4.69) is 33.2 Å². The molecule has 1 atom stereocenters. The van der Waals surface area contributed by atoms with Crippen molar-refractivity contribution in [2.45, 2.75) is 32.4 Å². The molecule has 1 aromatic rings. The van der Waals surface area contributed by atoms with Crippen LogP contribution in [0.15, 0.2) is 22.8 Å². The third-order valence-corrected chi connectivity index (χ3v) is 2.83. The predicted octanol–water partition coefficient (Wildman–Crippen LogP) is 2.75. The Labute approximate surface area is 106 Å². The van der Waals surface area contributed by atoms with Gasteiger partial charge in [-0.3, -0.25) is 4.98 Å². The monoisotopic (exact) mass is 286 g/mol. The first kappa shape index (κ1) is 13.6. The van der Waals surface area contributed by atoms with Gasteiger partial charge in [0.15, 0.2) is 0 Å². The summed E-state index contributed by atoms with van der Waals surface area (Å²) in [4.78, 5) is 4.32. The van der Waals surface area contributed by atoms with E-state index >= 15 is 0 Å². The quantitative estimate of drug-likeness (QED) is 0.837. The molecule has 0 aliphatic rings. The number of pyridine rings is 1. The normalized spacial score (nSPS) is 12.7. The first-order valence-corrected chi connectivity index (χ1v) is 6.38. The maximum atomic E-state index is 5.17. The van der Waals surface area contributed by atoms with E-state index in [4.69, 9.17) is 4.74 Å². The van der Waals surface area contributed by atoms with E-state index in [1.807, 2.05) is 18.3 Å². The molecule has 1 rings (SSSR count). The molecular weight excluding hydrogens is 268 g/mol. The Bertz CT molecular complexity index is 284. The molecule has 0 aliphatic heterocycles. The molecule has 0 saturated carbocycles. The van der Waals surface area contributed by atoms with Crippen molar-refractivity contribution in [2.75, 3.05) is 13.7 Å². The van der Waals surface area contributed by atoms with Crippen LogP contribution in [0.3, 0.4) is 0 Å². The van der Waals surface area contributed by atoms with Crippen molar-refractivity contribution in [3.05, 3.63) is 28.5 Å². The van der Waals surface area contributed by atoms with Crippen molar-refractivity contribution in [1.29, 1.82) is 0 Å². The summed E-state index contributed by atoms with van der Waals surface area (Å²) in [7, 11) is 1.74. The van der Waals surface area contributed by atoms with Crippen LogP contribution in [0.2, 0.25) is 0 Å². The Balaban J connectivity index is 2.38. The van der Waals surface area contributed by atoms with Gasteiger partial charge >= 0.3 is 0 Å². The summed E-state index contributed by atoms with van der Waals surface area (Å²) >= 11 is 3.37.